The van der Waals surface area contributed by atoms with Crippen molar-refractivity contribution >= 4 is 29.3 Å². The second-order valence-electron chi connectivity index (χ2n) is 7.07. The molecule has 11 heteroatoms. The van der Waals surface area contributed by atoms with Gasteiger partial charge in [0.15, 0.2) is 11.0 Å². The van der Waals surface area contributed by atoms with E-state index in [1.807, 2.05) is 0 Å². The third-order valence-corrected chi connectivity index (χ3v) is 6.03. The Balaban J connectivity index is 1.99. The number of methoxy groups -OCH3 is 1. The second-order valence-corrected chi connectivity index (χ2v) is 8.78. The number of nitrogens with zero attached hydrogens (tertiary/aromatic N) is 3. The number of hydrogen-bond donors (Lipinski definition) is 1. The van der Waals surface area contributed by atoms with Crippen LogP contribution in [0, 0.1) is 0 Å². The van der Waals surface area contributed by atoms with Gasteiger partial charge in [-0.2, -0.15) is 13.2 Å². The predicted molar refractivity (Wildman–Crippen MR) is 122 cm³/mol. The van der Waals surface area contributed by atoms with E-state index in [2.05, 4.69) is 15.5 Å². The van der Waals surface area contributed by atoms with Gasteiger partial charge in [0.05, 0.1) is 21.5 Å². The highest BCUT2D eigenvalue weighted by Gasteiger charge is 2.31. The summed E-state index contributed by atoms with van der Waals surface area (Å²) in [6, 6.07) is 11.7. The molecule has 0 bridgehead atoms. The van der Waals surface area contributed by atoms with Crippen LogP contribution in [0.15, 0.2) is 53.7 Å². The second kappa shape index (κ2) is 11.0. The van der Waals surface area contributed by atoms with E-state index in [-0.39, 0.29) is 22.6 Å². The van der Waals surface area contributed by atoms with Crippen LogP contribution in [0.5, 0.6) is 0 Å². The maximum atomic E-state index is 13.4. The van der Waals surface area contributed by atoms with Gasteiger partial charge in [0.1, 0.15) is 0 Å². The van der Waals surface area contributed by atoms with Crippen molar-refractivity contribution in [1.82, 2.24) is 20.1 Å². The molecule has 2 aromatic carbocycles. The van der Waals surface area contributed by atoms with Gasteiger partial charge in [-0.15, -0.1) is 10.2 Å². The number of hydrogen-bond acceptors (Lipinski definition) is 5. The number of nitrogens with one attached hydrogen (secondary N) is 1. The first-order chi connectivity index (χ1) is 15.7. The van der Waals surface area contributed by atoms with E-state index in [9.17, 15) is 18.0 Å². The summed E-state index contributed by atoms with van der Waals surface area (Å²) in [4.78, 5) is 12.5. The minimum absolute atomic E-state index is 0.208. The quantitative estimate of drug-likeness (QED) is 0.323. The monoisotopic (exact) mass is 498 g/mol. The van der Waals surface area contributed by atoms with Crippen LogP contribution in [-0.2, 0) is 15.7 Å². The van der Waals surface area contributed by atoms with Crippen LogP contribution in [-0.4, -0.2) is 46.2 Å². The lowest BCUT2D eigenvalue weighted by molar-refractivity contribution is -0.137. The molecule has 1 N–H and O–H groups in total. The zero-order chi connectivity index (χ0) is 24.0. The van der Waals surface area contributed by atoms with Crippen LogP contribution >= 0.6 is 23.4 Å². The molecule has 1 aromatic heterocycles. The van der Waals surface area contributed by atoms with Crippen molar-refractivity contribution in [3.8, 4) is 17.1 Å². The number of ether oxygens (including phenoxy) is 1. The van der Waals surface area contributed by atoms with Crippen molar-refractivity contribution in [2.75, 3.05) is 20.3 Å². The number of carbonyl (C=O) groups excluding carboxylic acids is 1. The summed E-state index contributed by atoms with van der Waals surface area (Å²) in [7, 11) is 1.58. The summed E-state index contributed by atoms with van der Waals surface area (Å²) in [6.07, 6.45) is -3.85. The van der Waals surface area contributed by atoms with E-state index in [4.69, 9.17) is 16.3 Å². The minimum atomic E-state index is -4.52. The Kier molecular flexibility index (Phi) is 8.39. The Bertz CT molecular complexity index is 1110. The summed E-state index contributed by atoms with van der Waals surface area (Å²) in [5.74, 6) is 0.0455. The lowest BCUT2D eigenvalue weighted by Crippen LogP contribution is -2.32. The van der Waals surface area contributed by atoms with Gasteiger partial charge in [0, 0.05) is 25.8 Å². The van der Waals surface area contributed by atoms with E-state index < -0.39 is 17.0 Å². The lowest BCUT2D eigenvalue weighted by Gasteiger charge is -2.15. The van der Waals surface area contributed by atoms with Crippen LogP contribution in [0.2, 0.25) is 5.02 Å². The molecule has 0 radical (unpaired) electrons. The number of thioether (sulfide) groups is 1. The maximum absolute atomic E-state index is 13.4. The number of benzene rings is 2. The largest absolute Gasteiger partial charge is 0.416 e. The minimum Gasteiger partial charge on any atom is -0.385 e. The van der Waals surface area contributed by atoms with Crippen molar-refractivity contribution < 1.29 is 22.7 Å². The van der Waals surface area contributed by atoms with Crippen LogP contribution < -0.4 is 5.32 Å². The highest BCUT2D eigenvalue weighted by Crippen LogP contribution is 2.35. The number of aromatic nitrogens is 3. The summed E-state index contributed by atoms with van der Waals surface area (Å²) in [5, 5.41) is 11.2. The highest BCUT2D eigenvalue weighted by atomic mass is 35.5. The van der Waals surface area contributed by atoms with E-state index in [1.54, 1.807) is 38.3 Å². The molecule has 0 aliphatic carbocycles. The third kappa shape index (κ3) is 6.27. The zero-order valence-electron chi connectivity index (χ0n) is 17.9. The SMILES string of the molecule is COCCCNC(=O)C(C)Sc1nnc(-c2ccccc2Cl)n1-c1cccc(C(F)(F)F)c1. The lowest BCUT2D eigenvalue weighted by atomic mass is 10.1. The molecular formula is C22H22ClF3N4O2S. The Morgan fingerprint density at radius 2 is 1.97 bits per heavy atom. The van der Waals surface area contributed by atoms with E-state index in [0.29, 0.717) is 30.2 Å². The molecule has 1 atom stereocenters. The van der Waals surface area contributed by atoms with Gasteiger partial charge in [-0.05, 0) is 43.7 Å². The molecular weight excluding hydrogens is 477 g/mol. The van der Waals surface area contributed by atoms with Crippen LogP contribution in [0.25, 0.3) is 17.1 Å². The molecule has 176 valence electrons. The molecule has 0 saturated carbocycles. The van der Waals surface area contributed by atoms with Gasteiger partial charge in [-0.1, -0.05) is 41.6 Å². The molecule has 33 heavy (non-hydrogen) atoms. The first-order valence-corrected chi connectivity index (χ1v) is 11.3. The van der Waals surface area contributed by atoms with E-state index in [1.165, 1.54) is 16.7 Å². The molecule has 0 aliphatic heterocycles. The number of carbonyl (C=O) groups is 1. The fourth-order valence-corrected chi connectivity index (χ4v) is 4.11. The summed E-state index contributed by atoms with van der Waals surface area (Å²) in [6.45, 7) is 2.66. The summed E-state index contributed by atoms with van der Waals surface area (Å²) >= 11 is 7.42. The van der Waals surface area contributed by atoms with Gasteiger partial charge >= 0.3 is 6.18 Å². The Morgan fingerprint density at radius 3 is 2.67 bits per heavy atom. The average molecular weight is 499 g/mol. The van der Waals surface area contributed by atoms with Crippen molar-refractivity contribution in [3.05, 3.63) is 59.1 Å². The topological polar surface area (TPSA) is 69.0 Å². The van der Waals surface area contributed by atoms with Gasteiger partial charge in [-0.3, -0.25) is 9.36 Å². The van der Waals surface area contributed by atoms with Crippen LogP contribution in [0.4, 0.5) is 13.2 Å². The fourth-order valence-electron chi connectivity index (χ4n) is 3.00. The number of alkyl halides is 3. The molecule has 1 amide bonds. The highest BCUT2D eigenvalue weighted by molar-refractivity contribution is 8.00. The molecule has 1 heterocycles. The first-order valence-electron chi connectivity index (χ1n) is 10.0. The van der Waals surface area contributed by atoms with Gasteiger partial charge in [0.25, 0.3) is 0 Å². The molecule has 0 spiro atoms. The molecule has 0 aliphatic rings. The average Bonchev–Trinajstić information content (AvgIpc) is 3.19. The molecule has 0 fully saturated rings. The van der Waals surface area contributed by atoms with Gasteiger partial charge in [-0.25, -0.2) is 0 Å². The van der Waals surface area contributed by atoms with Gasteiger partial charge in [0.2, 0.25) is 5.91 Å². The summed E-state index contributed by atoms with van der Waals surface area (Å²) < 4.78 is 46.5. The smallest absolute Gasteiger partial charge is 0.385 e. The molecule has 3 aromatic rings. The maximum Gasteiger partial charge on any atom is 0.416 e. The normalized spacial score (nSPS) is 12.5. The Morgan fingerprint density at radius 1 is 1.21 bits per heavy atom. The van der Waals surface area contributed by atoms with E-state index >= 15 is 0 Å². The Labute approximate surface area is 198 Å². The standard InChI is InChI=1S/C22H22ClF3N4O2S/c1-14(20(31)27-11-6-12-32-2)33-21-29-28-19(17-9-3-4-10-18(17)23)30(21)16-8-5-7-15(13-16)22(24,25)26/h3-5,7-10,13-14H,6,11-12H2,1-2H3,(H,27,31). The van der Waals surface area contributed by atoms with Crippen LogP contribution in [0.3, 0.4) is 0 Å². The fraction of sp³-hybridized carbons (Fsp3) is 0.318. The van der Waals surface area contributed by atoms with Crippen molar-refractivity contribution in [2.45, 2.75) is 29.9 Å². The predicted octanol–water partition coefficient (Wildman–Crippen LogP) is 5.24. The zero-order valence-corrected chi connectivity index (χ0v) is 19.5. The third-order valence-electron chi connectivity index (χ3n) is 4.66. The van der Waals surface area contributed by atoms with E-state index in [0.717, 1.165) is 23.9 Å². The molecule has 0 saturated heterocycles. The van der Waals surface area contributed by atoms with Crippen molar-refractivity contribution in [1.29, 1.82) is 0 Å². The number of amides is 1. The summed E-state index contributed by atoms with van der Waals surface area (Å²) in [5.41, 5.74) is -0.0914. The van der Waals surface area contributed by atoms with Gasteiger partial charge < -0.3 is 10.1 Å². The first kappa shape index (κ1) is 25.1. The molecule has 6 nitrogen and oxygen atoms in total. The number of halogens is 4. The number of rotatable bonds is 9. The van der Waals surface area contributed by atoms with Crippen LogP contribution in [0.1, 0.15) is 18.9 Å². The molecule has 1 unspecified atom stereocenters. The van der Waals surface area contributed by atoms with Crippen molar-refractivity contribution in [3.63, 3.8) is 0 Å². The Hall–Kier alpha value is -2.56. The molecule has 3 rings (SSSR count). The van der Waals surface area contributed by atoms with Crippen molar-refractivity contribution in [2.24, 2.45) is 0 Å².